The summed E-state index contributed by atoms with van der Waals surface area (Å²) >= 11 is 0. The van der Waals surface area contributed by atoms with E-state index in [0.717, 1.165) is 43.5 Å². The lowest BCUT2D eigenvalue weighted by atomic mass is 10.1. The van der Waals surface area contributed by atoms with Crippen molar-refractivity contribution in [3.63, 3.8) is 0 Å². The van der Waals surface area contributed by atoms with Gasteiger partial charge in [0.2, 0.25) is 0 Å². The van der Waals surface area contributed by atoms with Crippen LogP contribution in [0.4, 0.5) is 5.82 Å². The summed E-state index contributed by atoms with van der Waals surface area (Å²) in [5, 5.41) is 7.99. The number of hydrogen-bond acceptors (Lipinski definition) is 4. The van der Waals surface area contributed by atoms with Gasteiger partial charge in [0.25, 0.3) is 0 Å². The molecule has 0 bridgehead atoms. The van der Waals surface area contributed by atoms with Crippen molar-refractivity contribution in [2.75, 3.05) is 45.8 Å². The predicted molar refractivity (Wildman–Crippen MR) is 103 cm³/mol. The van der Waals surface area contributed by atoms with Gasteiger partial charge in [0.1, 0.15) is 5.82 Å². The second kappa shape index (κ2) is 8.16. The van der Waals surface area contributed by atoms with E-state index in [1.54, 1.807) is 7.05 Å². The number of anilines is 1. The molecule has 3 rings (SSSR count). The van der Waals surface area contributed by atoms with Gasteiger partial charge in [-0.15, -0.1) is 0 Å². The maximum Gasteiger partial charge on any atom is 0.191 e. The Morgan fingerprint density at radius 1 is 1.32 bits per heavy atom. The molecule has 1 aliphatic rings. The van der Waals surface area contributed by atoms with Crippen molar-refractivity contribution in [3.05, 3.63) is 35.9 Å². The minimum Gasteiger partial charge on any atom is -0.381 e. The van der Waals surface area contributed by atoms with Crippen molar-refractivity contribution in [3.8, 4) is 0 Å². The van der Waals surface area contributed by atoms with Crippen LogP contribution in [0.1, 0.15) is 12.0 Å². The monoisotopic (exact) mass is 341 g/mol. The summed E-state index contributed by atoms with van der Waals surface area (Å²) in [6.45, 7) is 3.30. The number of nitrogens with one attached hydrogen (secondary N) is 2. The van der Waals surface area contributed by atoms with Gasteiger partial charge >= 0.3 is 0 Å². The molecule has 0 amide bonds. The molecular formula is C19H27N5O. The molecule has 0 aliphatic carbocycles. The first-order valence-corrected chi connectivity index (χ1v) is 8.75. The van der Waals surface area contributed by atoms with Crippen molar-refractivity contribution in [2.24, 2.45) is 10.9 Å². The third kappa shape index (κ3) is 4.39. The van der Waals surface area contributed by atoms with Gasteiger partial charge in [0.05, 0.1) is 12.1 Å². The third-order valence-electron chi connectivity index (χ3n) is 4.50. The van der Waals surface area contributed by atoms with Crippen LogP contribution in [0.15, 0.2) is 35.3 Å². The number of hydrogen-bond donors (Lipinski definition) is 2. The van der Waals surface area contributed by atoms with E-state index in [9.17, 15) is 0 Å². The average Bonchev–Trinajstić information content (AvgIpc) is 3.15. The van der Waals surface area contributed by atoms with Crippen molar-refractivity contribution < 1.29 is 4.74 Å². The number of benzene rings is 1. The Hall–Kier alpha value is -2.34. The first kappa shape index (κ1) is 17.5. The summed E-state index contributed by atoms with van der Waals surface area (Å²) in [5.74, 6) is 2.35. The molecule has 1 atom stereocenters. The van der Waals surface area contributed by atoms with Gasteiger partial charge in [0, 0.05) is 52.1 Å². The second-order valence-corrected chi connectivity index (χ2v) is 6.59. The van der Waals surface area contributed by atoms with Crippen LogP contribution in [0.25, 0.3) is 10.9 Å². The first-order chi connectivity index (χ1) is 12.2. The van der Waals surface area contributed by atoms with Crippen molar-refractivity contribution in [1.82, 2.24) is 15.6 Å². The summed E-state index contributed by atoms with van der Waals surface area (Å²) in [7, 11) is 5.83. The highest BCUT2D eigenvalue weighted by Crippen LogP contribution is 2.22. The number of pyridine rings is 1. The van der Waals surface area contributed by atoms with Gasteiger partial charge in [-0.2, -0.15) is 0 Å². The molecule has 0 spiro atoms. The molecule has 25 heavy (non-hydrogen) atoms. The standard InChI is InChI=1S/C19H27N5O/c1-20-19(21-11-14-8-9-25-13-14)22-12-15-10-18(24(2)3)23-17-7-5-4-6-16(15)17/h4-7,10,14H,8-9,11-13H2,1-3H3,(H2,20,21,22). The van der Waals surface area contributed by atoms with E-state index in [-0.39, 0.29) is 0 Å². The van der Waals surface area contributed by atoms with Crippen LogP contribution >= 0.6 is 0 Å². The predicted octanol–water partition coefficient (Wildman–Crippen LogP) is 2.00. The van der Waals surface area contributed by atoms with Crippen molar-refractivity contribution in [2.45, 2.75) is 13.0 Å². The summed E-state index contributed by atoms with van der Waals surface area (Å²) < 4.78 is 5.42. The SMILES string of the molecule is CN=C(NCc1cc(N(C)C)nc2ccccc12)NCC1CCOC1. The van der Waals surface area contributed by atoms with Crippen molar-refractivity contribution in [1.29, 1.82) is 0 Å². The van der Waals surface area contributed by atoms with Crippen LogP contribution in [0.5, 0.6) is 0 Å². The van der Waals surface area contributed by atoms with Gasteiger partial charge in [-0.3, -0.25) is 4.99 Å². The maximum atomic E-state index is 5.42. The molecule has 0 saturated carbocycles. The molecular weight excluding hydrogens is 314 g/mol. The van der Waals surface area contributed by atoms with Crippen LogP contribution in [-0.2, 0) is 11.3 Å². The zero-order valence-electron chi connectivity index (χ0n) is 15.2. The quantitative estimate of drug-likeness (QED) is 0.643. The minimum atomic E-state index is 0.570. The molecule has 6 heteroatoms. The fourth-order valence-corrected chi connectivity index (χ4v) is 2.99. The van der Waals surface area contributed by atoms with Gasteiger partial charge in [0.15, 0.2) is 5.96 Å². The molecule has 134 valence electrons. The normalized spacial score (nSPS) is 17.7. The summed E-state index contributed by atoms with van der Waals surface area (Å²) in [6.07, 6.45) is 1.12. The molecule has 1 aromatic carbocycles. The minimum absolute atomic E-state index is 0.570. The van der Waals surface area contributed by atoms with E-state index in [1.807, 2.05) is 25.1 Å². The fourth-order valence-electron chi connectivity index (χ4n) is 2.99. The average molecular weight is 341 g/mol. The highest BCUT2D eigenvalue weighted by atomic mass is 16.5. The number of aromatic nitrogens is 1. The summed E-state index contributed by atoms with van der Waals surface area (Å²) in [5.41, 5.74) is 2.22. The Morgan fingerprint density at radius 2 is 2.16 bits per heavy atom. The topological polar surface area (TPSA) is 61.8 Å². The molecule has 2 aromatic rings. The maximum absolute atomic E-state index is 5.42. The zero-order chi connectivity index (χ0) is 17.6. The Morgan fingerprint density at radius 3 is 2.88 bits per heavy atom. The highest BCUT2D eigenvalue weighted by Gasteiger charge is 2.15. The fraction of sp³-hybridized carbons (Fsp3) is 0.474. The molecule has 0 radical (unpaired) electrons. The van der Waals surface area contributed by atoms with Gasteiger partial charge in [-0.05, 0) is 24.1 Å². The molecule has 2 N–H and O–H groups in total. The number of fused-ring (bicyclic) bond motifs is 1. The largest absolute Gasteiger partial charge is 0.381 e. The Bertz CT molecular complexity index is 738. The van der Waals surface area contributed by atoms with Crippen LogP contribution in [0.3, 0.4) is 0 Å². The molecule has 1 fully saturated rings. The Kier molecular flexibility index (Phi) is 5.71. The van der Waals surface area contributed by atoms with Crippen LogP contribution < -0.4 is 15.5 Å². The number of rotatable bonds is 5. The van der Waals surface area contributed by atoms with Crippen LogP contribution in [0.2, 0.25) is 0 Å². The van der Waals surface area contributed by atoms with Crippen LogP contribution in [-0.4, -0.2) is 51.8 Å². The first-order valence-electron chi connectivity index (χ1n) is 8.75. The molecule has 1 aromatic heterocycles. The van der Waals surface area contributed by atoms with E-state index in [4.69, 9.17) is 9.72 Å². The lowest BCUT2D eigenvalue weighted by molar-refractivity contribution is 0.186. The van der Waals surface area contributed by atoms with Gasteiger partial charge in [-0.1, -0.05) is 18.2 Å². The lowest BCUT2D eigenvalue weighted by Gasteiger charge is -2.17. The smallest absolute Gasteiger partial charge is 0.191 e. The Balaban J connectivity index is 1.70. The lowest BCUT2D eigenvalue weighted by Crippen LogP contribution is -2.39. The molecule has 1 aliphatic heterocycles. The number of aliphatic imine (C=N–C) groups is 1. The molecule has 6 nitrogen and oxygen atoms in total. The number of guanidine groups is 1. The highest BCUT2D eigenvalue weighted by molar-refractivity contribution is 5.85. The van der Waals surface area contributed by atoms with Crippen molar-refractivity contribution >= 4 is 22.7 Å². The van der Waals surface area contributed by atoms with E-state index in [2.05, 4.69) is 39.9 Å². The number of nitrogens with zero attached hydrogens (tertiary/aromatic N) is 3. The molecule has 2 heterocycles. The molecule has 1 saturated heterocycles. The summed E-state index contributed by atoms with van der Waals surface area (Å²) in [6, 6.07) is 10.4. The summed E-state index contributed by atoms with van der Waals surface area (Å²) in [4.78, 5) is 11.1. The van der Waals surface area contributed by atoms with E-state index in [0.29, 0.717) is 12.5 Å². The second-order valence-electron chi connectivity index (χ2n) is 6.59. The zero-order valence-corrected chi connectivity index (χ0v) is 15.2. The Labute approximate surface area is 149 Å². The number of para-hydroxylation sites is 1. The molecule has 1 unspecified atom stereocenters. The van der Waals surface area contributed by atoms with Gasteiger partial charge < -0.3 is 20.3 Å². The van der Waals surface area contributed by atoms with E-state index in [1.165, 1.54) is 10.9 Å². The number of ether oxygens (including phenoxy) is 1. The van der Waals surface area contributed by atoms with E-state index >= 15 is 0 Å². The van der Waals surface area contributed by atoms with Gasteiger partial charge in [-0.25, -0.2) is 4.98 Å². The third-order valence-corrected chi connectivity index (χ3v) is 4.50. The van der Waals surface area contributed by atoms with Crippen LogP contribution in [0, 0.1) is 5.92 Å². The van der Waals surface area contributed by atoms with E-state index < -0.39 is 0 Å².